The Bertz CT molecular complexity index is 963. The van der Waals surface area contributed by atoms with E-state index in [9.17, 15) is 4.21 Å². The summed E-state index contributed by atoms with van der Waals surface area (Å²) in [6.45, 7) is 5.80. The van der Waals surface area contributed by atoms with Crippen LogP contribution >= 0.6 is 0 Å². The quantitative estimate of drug-likeness (QED) is 0.644. The lowest BCUT2D eigenvalue weighted by Gasteiger charge is -2.44. The number of nitrogens with zero attached hydrogens (tertiary/aromatic N) is 2. The van der Waals surface area contributed by atoms with Gasteiger partial charge in [0.2, 0.25) is 0 Å². The van der Waals surface area contributed by atoms with Gasteiger partial charge < -0.3 is 10.1 Å². The largest absolute Gasteiger partial charge is 0.495 e. The standard InChI is InChI=1S/C24H33N3O2S/c1-20(25-22-13-9-10-14-23(22)29-4)19-24(21-11-7-6-8-12-21)15-17-27(18-16-24)30(5,28)26(2)3/h6-14,25H,1,5,15-19H2,2-4H3. The molecule has 1 fully saturated rings. The second-order valence-corrected chi connectivity index (χ2v) is 10.6. The highest BCUT2D eigenvalue weighted by Gasteiger charge is 2.38. The third-order valence-electron chi connectivity index (χ3n) is 6.01. The Morgan fingerprint density at radius 3 is 2.33 bits per heavy atom. The molecule has 0 aliphatic carbocycles. The molecule has 1 aliphatic rings. The van der Waals surface area contributed by atoms with Crippen molar-refractivity contribution in [2.24, 2.45) is 0 Å². The van der Waals surface area contributed by atoms with Crippen LogP contribution in [0.2, 0.25) is 0 Å². The van der Waals surface area contributed by atoms with Gasteiger partial charge in [0.1, 0.15) is 5.75 Å². The molecule has 1 aliphatic heterocycles. The summed E-state index contributed by atoms with van der Waals surface area (Å²) in [5.74, 6) is 4.78. The summed E-state index contributed by atoms with van der Waals surface area (Å²) in [7, 11) is 2.92. The van der Waals surface area contributed by atoms with E-state index in [1.165, 1.54) is 5.56 Å². The first-order valence-electron chi connectivity index (χ1n) is 10.2. The number of ether oxygens (including phenoxy) is 1. The number of nitrogens with one attached hydrogen (secondary N) is 1. The molecule has 6 heteroatoms. The monoisotopic (exact) mass is 427 g/mol. The number of piperidine rings is 1. The maximum Gasteiger partial charge on any atom is 0.142 e. The van der Waals surface area contributed by atoms with Crippen LogP contribution in [0.4, 0.5) is 5.69 Å². The zero-order valence-corrected chi connectivity index (χ0v) is 19.1. The van der Waals surface area contributed by atoms with Crippen LogP contribution in [0.15, 0.2) is 66.9 Å². The maximum atomic E-state index is 13.0. The van der Waals surface area contributed by atoms with E-state index in [1.54, 1.807) is 11.4 Å². The van der Waals surface area contributed by atoms with E-state index in [0.29, 0.717) is 0 Å². The predicted octanol–water partition coefficient (Wildman–Crippen LogP) is 4.15. The summed E-state index contributed by atoms with van der Waals surface area (Å²) in [5, 5.41) is 3.45. The summed E-state index contributed by atoms with van der Waals surface area (Å²) in [6.07, 6.45) is 2.58. The molecule has 0 bridgehead atoms. The van der Waals surface area contributed by atoms with Crippen molar-refractivity contribution in [3.8, 4) is 5.75 Å². The van der Waals surface area contributed by atoms with Gasteiger partial charge in [-0.15, -0.1) is 0 Å². The van der Waals surface area contributed by atoms with Gasteiger partial charge in [-0.1, -0.05) is 49.0 Å². The number of para-hydroxylation sites is 2. The number of anilines is 1. The molecule has 1 saturated heterocycles. The lowest BCUT2D eigenvalue weighted by Crippen LogP contribution is -2.48. The summed E-state index contributed by atoms with van der Waals surface area (Å²) in [6, 6.07) is 18.5. The van der Waals surface area contributed by atoms with E-state index in [4.69, 9.17) is 4.74 Å². The number of hydrogen-bond acceptors (Lipinski definition) is 3. The van der Waals surface area contributed by atoms with Crippen molar-refractivity contribution in [1.29, 1.82) is 0 Å². The summed E-state index contributed by atoms with van der Waals surface area (Å²) >= 11 is 0. The number of hydrogen-bond donors (Lipinski definition) is 1. The fraction of sp³-hybridized carbons (Fsp3) is 0.375. The molecule has 0 saturated carbocycles. The normalized spacial score (nSPS) is 18.5. The minimum Gasteiger partial charge on any atom is -0.495 e. The van der Waals surface area contributed by atoms with Gasteiger partial charge in [0.25, 0.3) is 0 Å². The second kappa shape index (κ2) is 9.25. The first kappa shape index (κ1) is 22.4. The minimum absolute atomic E-state index is 0.0638. The van der Waals surface area contributed by atoms with Crippen molar-refractivity contribution in [3.63, 3.8) is 0 Å². The number of allylic oxidation sites excluding steroid dienone is 1. The topological polar surface area (TPSA) is 44.8 Å². The molecule has 0 radical (unpaired) electrons. The molecule has 162 valence electrons. The second-order valence-electron chi connectivity index (χ2n) is 8.10. The van der Waals surface area contributed by atoms with E-state index in [2.05, 4.69) is 42.0 Å². The average molecular weight is 428 g/mol. The Kier molecular flexibility index (Phi) is 6.91. The van der Waals surface area contributed by atoms with Gasteiger partial charge in [-0.05, 0) is 42.8 Å². The highest BCUT2D eigenvalue weighted by atomic mass is 32.2. The van der Waals surface area contributed by atoms with Crippen LogP contribution in [0.25, 0.3) is 0 Å². The maximum absolute atomic E-state index is 13.0. The van der Waals surface area contributed by atoms with Crippen molar-refractivity contribution in [2.75, 3.05) is 39.6 Å². The Labute approximate surface area is 181 Å². The molecule has 0 spiro atoms. The van der Waals surface area contributed by atoms with Crippen LogP contribution < -0.4 is 10.1 Å². The fourth-order valence-corrected chi connectivity index (χ4v) is 5.40. The van der Waals surface area contributed by atoms with E-state index in [-0.39, 0.29) is 5.41 Å². The third kappa shape index (κ3) is 4.72. The zero-order chi connectivity index (χ0) is 21.8. The molecule has 1 N–H and O–H groups in total. The Balaban J connectivity index is 1.82. The van der Waals surface area contributed by atoms with E-state index >= 15 is 0 Å². The van der Waals surface area contributed by atoms with Gasteiger partial charge in [0.15, 0.2) is 0 Å². The Morgan fingerprint density at radius 1 is 1.13 bits per heavy atom. The zero-order valence-electron chi connectivity index (χ0n) is 18.3. The Morgan fingerprint density at radius 2 is 1.73 bits per heavy atom. The van der Waals surface area contributed by atoms with Gasteiger partial charge in [-0.25, -0.2) is 12.8 Å². The van der Waals surface area contributed by atoms with Crippen molar-refractivity contribution >= 4 is 21.5 Å². The first-order chi connectivity index (χ1) is 14.3. The predicted molar refractivity (Wildman–Crippen MR) is 128 cm³/mol. The summed E-state index contributed by atoms with van der Waals surface area (Å²) in [5.41, 5.74) is 3.10. The first-order valence-corrected chi connectivity index (χ1v) is 11.9. The van der Waals surface area contributed by atoms with E-state index in [1.807, 2.05) is 48.7 Å². The molecular weight excluding hydrogens is 394 g/mol. The SMILES string of the molecule is C=C(CC1(c2ccccc2)CCN(S(=C)(=O)N(C)C)CC1)Nc1ccccc1OC. The van der Waals surface area contributed by atoms with Crippen LogP contribution in [-0.2, 0) is 15.3 Å². The van der Waals surface area contributed by atoms with Crippen molar-refractivity contribution in [1.82, 2.24) is 8.61 Å². The molecule has 2 aromatic carbocycles. The van der Waals surface area contributed by atoms with Crippen LogP contribution in [0, 0.1) is 0 Å². The van der Waals surface area contributed by atoms with Gasteiger partial charge in [-0.3, -0.25) is 0 Å². The molecule has 0 amide bonds. The number of rotatable bonds is 8. The van der Waals surface area contributed by atoms with Crippen molar-refractivity contribution in [3.05, 3.63) is 72.4 Å². The van der Waals surface area contributed by atoms with Crippen LogP contribution in [-0.4, -0.2) is 53.0 Å². The lowest BCUT2D eigenvalue weighted by atomic mass is 9.70. The van der Waals surface area contributed by atoms with E-state index in [0.717, 1.165) is 49.5 Å². The Hall–Kier alpha value is -2.28. The number of methoxy groups -OCH3 is 1. The third-order valence-corrected chi connectivity index (χ3v) is 8.32. The minimum atomic E-state index is -2.41. The molecule has 2 aromatic rings. The van der Waals surface area contributed by atoms with Crippen LogP contribution in [0.1, 0.15) is 24.8 Å². The molecular formula is C24H33N3O2S. The van der Waals surface area contributed by atoms with Crippen molar-refractivity contribution in [2.45, 2.75) is 24.7 Å². The molecule has 1 heterocycles. The summed E-state index contributed by atoms with van der Waals surface area (Å²) < 4.78 is 22.2. The molecule has 0 aromatic heterocycles. The van der Waals surface area contributed by atoms with Gasteiger partial charge in [0.05, 0.1) is 22.7 Å². The highest BCUT2D eigenvalue weighted by molar-refractivity contribution is 7.95. The highest BCUT2D eigenvalue weighted by Crippen LogP contribution is 2.41. The van der Waals surface area contributed by atoms with Gasteiger partial charge in [0, 0.05) is 38.3 Å². The molecule has 3 rings (SSSR count). The molecule has 1 atom stereocenters. The van der Waals surface area contributed by atoms with Crippen LogP contribution in [0.3, 0.4) is 0 Å². The van der Waals surface area contributed by atoms with Crippen LogP contribution in [0.5, 0.6) is 5.75 Å². The van der Waals surface area contributed by atoms with Crippen molar-refractivity contribution < 1.29 is 8.95 Å². The van der Waals surface area contributed by atoms with Gasteiger partial charge in [-0.2, -0.15) is 0 Å². The van der Waals surface area contributed by atoms with Gasteiger partial charge >= 0.3 is 0 Å². The molecule has 1 unspecified atom stereocenters. The average Bonchev–Trinajstić information content (AvgIpc) is 2.75. The molecule has 30 heavy (non-hydrogen) atoms. The fourth-order valence-electron chi connectivity index (χ4n) is 4.18. The number of benzene rings is 2. The smallest absolute Gasteiger partial charge is 0.142 e. The van der Waals surface area contributed by atoms with E-state index < -0.39 is 9.89 Å². The summed E-state index contributed by atoms with van der Waals surface area (Å²) in [4.78, 5) is 0. The lowest BCUT2D eigenvalue weighted by molar-refractivity contribution is 0.231. The molecule has 5 nitrogen and oxygen atoms in total.